The van der Waals surface area contributed by atoms with Crippen LogP contribution in [0, 0.1) is 0 Å². The Bertz CT molecular complexity index is 490. The number of esters is 1. The second kappa shape index (κ2) is 6.15. The third-order valence-electron chi connectivity index (χ3n) is 1.92. The highest BCUT2D eigenvalue weighted by atomic mass is 32.1. The Kier molecular flexibility index (Phi) is 4.85. The number of carbonyl (C=O) groups excluding carboxylic acids is 2. The molecule has 0 aliphatic rings. The third kappa shape index (κ3) is 4.17. The molecule has 98 valence electrons. The second-order valence-electron chi connectivity index (χ2n) is 3.79. The topological polar surface area (TPSA) is 94.3 Å². The quantitative estimate of drug-likeness (QED) is 0.635. The molecule has 0 atom stereocenters. The predicted octanol–water partition coefficient (Wildman–Crippen LogP) is 1.35. The number of aromatic nitrogens is 1. The number of hydrogen-bond donors (Lipinski definition) is 2. The van der Waals surface area contributed by atoms with E-state index in [1.165, 1.54) is 13.2 Å². The molecule has 0 aliphatic carbocycles. The molecule has 6 nitrogen and oxygen atoms in total. The van der Waals surface area contributed by atoms with Crippen molar-refractivity contribution in [1.82, 2.24) is 4.98 Å². The molecule has 3 N–H and O–H groups in total. The fourth-order valence-corrected chi connectivity index (χ4v) is 1.91. The molecule has 1 rings (SSSR count). The second-order valence-corrected chi connectivity index (χ2v) is 4.82. The summed E-state index contributed by atoms with van der Waals surface area (Å²) in [6, 6.07) is 0. The van der Waals surface area contributed by atoms with Crippen molar-refractivity contribution < 1.29 is 14.3 Å². The van der Waals surface area contributed by atoms with Crippen LogP contribution in [0.3, 0.4) is 0 Å². The average molecular weight is 269 g/mol. The summed E-state index contributed by atoms with van der Waals surface area (Å²) < 4.78 is 4.53. The van der Waals surface area contributed by atoms with Crippen molar-refractivity contribution >= 4 is 33.3 Å². The number of nitrogens with one attached hydrogen (secondary N) is 1. The van der Waals surface area contributed by atoms with Crippen LogP contribution >= 0.6 is 11.3 Å². The summed E-state index contributed by atoms with van der Waals surface area (Å²) in [4.78, 5) is 26.6. The Labute approximate surface area is 109 Å². The van der Waals surface area contributed by atoms with Gasteiger partial charge < -0.3 is 10.5 Å². The number of allylic oxidation sites excluding steroid dienone is 1. The van der Waals surface area contributed by atoms with E-state index >= 15 is 0 Å². The zero-order chi connectivity index (χ0) is 13.7. The summed E-state index contributed by atoms with van der Waals surface area (Å²) in [5.74, 6) is -0.692. The number of anilines is 2. The Hall–Kier alpha value is -1.89. The van der Waals surface area contributed by atoms with Gasteiger partial charge in [-0.05, 0) is 13.8 Å². The van der Waals surface area contributed by atoms with E-state index in [-0.39, 0.29) is 12.3 Å². The van der Waals surface area contributed by atoms with E-state index in [4.69, 9.17) is 5.73 Å². The van der Waals surface area contributed by atoms with E-state index in [1.54, 1.807) is 0 Å². The molecule has 0 unspecified atom stereocenters. The van der Waals surface area contributed by atoms with Crippen molar-refractivity contribution in [2.75, 3.05) is 18.2 Å². The van der Waals surface area contributed by atoms with Gasteiger partial charge in [0.2, 0.25) is 5.91 Å². The van der Waals surface area contributed by atoms with Crippen LogP contribution in [0.1, 0.15) is 19.5 Å². The Morgan fingerprint density at radius 3 is 2.72 bits per heavy atom. The maximum absolute atomic E-state index is 11.5. The smallest absolute Gasteiger partial charge is 0.311 e. The lowest BCUT2D eigenvalue weighted by Crippen LogP contribution is -2.09. The van der Waals surface area contributed by atoms with Gasteiger partial charge in [0.15, 0.2) is 5.13 Å². The molecule has 1 aromatic heterocycles. The van der Waals surface area contributed by atoms with Gasteiger partial charge in [0.05, 0.1) is 19.2 Å². The number of rotatable bonds is 4. The fraction of sp³-hybridized carbons (Fsp3) is 0.364. The van der Waals surface area contributed by atoms with Crippen LogP contribution in [0.4, 0.5) is 10.1 Å². The van der Waals surface area contributed by atoms with Gasteiger partial charge in [0, 0.05) is 6.08 Å². The Morgan fingerprint density at radius 1 is 1.50 bits per heavy atom. The fourth-order valence-electron chi connectivity index (χ4n) is 1.16. The van der Waals surface area contributed by atoms with Gasteiger partial charge in [-0.1, -0.05) is 16.9 Å². The summed E-state index contributed by atoms with van der Waals surface area (Å²) in [5.41, 5.74) is 7.00. The number of nitrogens with two attached hydrogens (primary N) is 1. The molecule has 1 amide bonds. The van der Waals surface area contributed by atoms with Gasteiger partial charge >= 0.3 is 5.97 Å². The third-order valence-corrected chi connectivity index (χ3v) is 2.76. The minimum atomic E-state index is -0.422. The molecule has 0 bridgehead atoms. The van der Waals surface area contributed by atoms with E-state index in [0.29, 0.717) is 15.8 Å². The summed E-state index contributed by atoms with van der Waals surface area (Å²) in [6.45, 7) is 3.64. The normalized spacial score (nSPS) is 9.72. The van der Waals surface area contributed by atoms with E-state index in [9.17, 15) is 9.59 Å². The molecule has 0 saturated heterocycles. The van der Waals surface area contributed by atoms with Crippen LogP contribution in [0.2, 0.25) is 0 Å². The Morgan fingerprint density at radius 2 is 2.17 bits per heavy atom. The lowest BCUT2D eigenvalue weighted by molar-refractivity contribution is -0.139. The van der Waals surface area contributed by atoms with Gasteiger partial charge in [-0.25, -0.2) is 4.98 Å². The highest BCUT2D eigenvalue weighted by Crippen LogP contribution is 2.25. The van der Waals surface area contributed by atoms with Gasteiger partial charge in [0.25, 0.3) is 0 Å². The van der Waals surface area contributed by atoms with Gasteiger partial charge in [0.1, 0.15) is 5.00 Å². The summed E-state index contributed by atoms with van der Waals surface area (Å²) in [5, 5.41) is 3.35. The molecule has 1 aromatic rings. The number of thiazole rings is 1. The molecule has 0 aliphatic heterocycles. The standard InChI is InChI=1S/C11H15N3O3S/c1-6(2)4-8(15)14-11-13-7(10(12)18-11)5-9(16)17-3/h4H,5,12H2,1-3H3,(H,13,14,15). The summed E-state index contributed by atoms with van der Waals surface area (Å²) >= 11 is 1.12. The first-order valence-electron chi connectivity index (χ1n) is 5.20. The number of methoxy groups -OCH3 is 1. The number of ether oxygens (including phenoxy) is 1. The van der Waals surface area contributed by atoms with E-state index in [2.05, 4.69) is 15.0 Å². The predicted molar refractivity (Wildman–Crippen MR) is 70.3 cm³/mol. The minimum absolute atomic E-state index is 0.00263. The van der Waals surface area contributed by atoms with Crippen LogP contribution in [0.5, 0.6) is 0 Å². The van der Waals surface area contributed by atoms with Crippen LogP contribution in [0.15, 0.2) is 11.6 Å². The highest BCUT2D eigenvalue weighted by molar-refractivity contribution is 7.19. The first-order valence-corrected chi connectivity index (χ1v) is 6.02. The van der Waals surface area contributed by atoms with Crippen molar-refractivity contribution in [3.63, 3.8) is 0 Å². The van der Waals surface area contributed by atoms with Crippen LogP contribution in [-0.4, -0.2) is 24.0 Å². The SMILES string of the molecule is COC(=O)Cc1nc(NC(=O)C=C(C)C)sc1N. The zero-order valence-corrected chi connectivity index (χ0v) is 11.3. The molecule has 18 heavy (non-hydrogen) atoms. The molecule has 0 aromatic carbocycles. The average Bonchev–Trinajstić information content (AvgIpc) is 2.57. The van der Waals surface area contributed by atoms with Crippen molar-refractivity contribution in [1.29, 1.82) is 0 Å². The number of amides is 1. The molecule has 0 spiro atoms. The zero-order valence-electron chi connectivity index (χ0n) is 10.4. The van der Waals surface area contributed by atoms with Crippen molar-refractivity contribution in [2.45, 2.75) is 20.3 Å². The molecular weight excluding hydrogens is 254 g/mol. The molecule has 0 fully saturated rings. The Balaban J connectivity index is 2.75. The number of carbonyl (C=O) groups is 2. The maximum Gasteiger partial charge on any atom is 0.311 e. The van der Waals surface area contributed by atoms with Gasteiger partial charge in [-0.3, -0.25) is 14.9 Å². The largest absolute Gasteiger partial charge is 0.469 e. The van der Waals surface area contributed by atoms with Crippen molar-refractivity contribution in [3.8, 4) is 0 Å². The van der Waals surface area contributed by atoms with Crippen LogP contribution < -0.4 is 11.1 Å². The number of nitrogen functional groups attached to an aromatic ring is 1. The van der Waals surface area contributed by atoms with Crippen LogP contribution in [-0.2, 0) is 20.7 Å². The van der Waals surface area contributed by atoms with E-state index in [1.807, 2.05) is 13.8 Å². The minimum Gasteiger partial charge on any atom is -0.469 e. The van der Waals surface area contributed by atoms with E-state index < -0.39 is 5.97 Å². The maximum atomic E-state index is 11.5. The lowest BCUT2D eigenvalue weighted by atomic mass is 10.3. The first-order chi connectivity index (χ1) is 8.42. The van der Waals surface area contributed by atoms with E-state index in [0.717, 1.165) is 16.9 Å². The van der Waals surface area contributed by atoms with Crippen molar-refractivity contribution in [2.24, 2.45) is 0 Å². The molecule has 7 heteroatoms. The first kappa shape index (κ1) is 14.2. The number of nitrogens with zero attached hydrogens (tertiary/aromatic N) is 1. The molecule has 1 heterocycles. The van der Waals surface area contributed by atoms with Crippen molar-refractivity contribution in [3.05, 3.63) is 17.3 Å². The monoisotopic (exact) mass is 269 g/mol. The molecule has 0 radical (unpaired) electrons. The van der Waals surface area contributed by atoms with Crippen LogP contribution in [0.25, 0.3) is 0 Å². The van der Waals surface area contributed by atoms with Gasteiger partial charge in [-0.2, -0.15) is 0 Å². The number of hydrogen-bond acceptors (Lipinski definition) is 6. The summed E-state index contributed by atoms with van der Waals surface area (Å²) in [6.07, 6.45) is 1.45. The summed E-state index contributed by atoms with van der Waals surface area (Å²) in [7, 11) is 1.29. The molecule has 0 saturated carbocycles. The van der Waals surface area contributed by atoms with Gasteiger partial charge in [-0.15, -0.1) is 0 Å². The molecular formula is C11H15N3O3S. The lowest BCUT2D eigenvalue weighted by Gasteiger charge is -1.97. The highest BCUT2D eigenvalue weighted by Gasteiger charge is 2.13.